The van der Waals surface area contributed by atoms with Crippen molar-refractivity contribution >= 4 is 44.6 Å². The quantitative estimate of drug-likeness (QED) is 0.209. The van der Waals surface area contributed by atoms with E-state index in [9.17, 15) is 0 Å². The molecular weight excluding hydrogens is 351 g/mol. The molecule has 124 valence electrons. The zero-order valence-electron chi connectivity index (χ0n) is 12.7. The number of alkyl halides is 1. The van der Waals surface area contributed by atoms with Crippen molar-refractivity contribution in [3.8, 4) is 0 Å². The first-order chi connectivity index (χ1) is 10.1. The lowest BCUT2D eigenvalue weighted by molar-refractivity contribution is -0.132. The molecule has 0 atom stereocenters. The smallest absolute Gasteiger partial charge is 0.162 e. The van der Waals surface area contributed by atoms with E-state index in [2.05, 4.69) is 0 Å². The lowest BCUT2D eigenvalue weighted by Crippen LogP contribution is -2.19. The van der Waals surface area contributed by atoms with E-state index >= 15 is 0 Å². The van der Waals surface area contributed by atoms with Gasteiger partial charge in [0, 0.05) is 29.0 Å². The van der Waals surface area contributed by atoms with Crippen LogP contribution in [-0.4, -0.2) is 41.8 Å². The number of halogens is 3. The van der Waals surface area contributed by atoms with Crippen molar-refractivity contribution in [1.29, 1.82) is 0 Å². The molecule has 0 unspecified atom stereocenters. The Balaban J connectivity index is 3.94. The third-order valence-corrected chi connectivity index (χ3v) is 4.69. The molecule has 0 aromatic heterocycles. The van der Waals surface area contributed by atoms with Gasteiger partial charge in [-0.1, -0.05) is 23.2 Å². The molecule has 3 nitrogen and oxygen atoms in total. The third kappa shape index (κ3) is 16.6. The van der Waals surface area contributed by atoms with Gasteiger partial charge in [0.1, 0.15) is 0 Å². The van der Waals surface area contributed by atoms with Gasteiger partial charge in [-0.3, -0.25) is 0 Å². The van der Waals surface area contributed by atoms with Gasteiger partial charge < -0.3 is 13.9 Å². The zero-order valence-corrected chi connectivity index (χ0v) is 16.4. The summed E-state index contributed by atoms with van der Waals surface area (Å²) in [5.74, 6) is 0.690. The molecule has 0 fully saturated rings. The molecule has 0 amide bonds. The van der Waals surface area contributed by atoms with Gasteiger partial charge in [-0.25, -0.2) is 0 Å². The van der Waals surface area contributed by atoms with Crippen LogP contribution in [0, 0.1) is 0 Å². The Kier molecular flexibility index (Phi) is 15.7. The van der Waals surface area contributed by atoms with Crippen LogP contribution >= 0.6 is 34.8 Å². The summed E-state index contributed by atoms with van der Waals surface area (Å²) in [6.07, 6.45) is 5.02. The van der Waals surface area contributed by atoms with Gasteiger partial charge in [-0.2, -0.15) is 0 Å². The van der Waals surface area contributed by atoms with Gasteiger partial charge in [0.15, 0.2) is 16.1 Å². The van der Waals surface area contributed by atoms with Crippen molar-refractivity contribution in [2.75, 3.05) is 25.7 Å². The summed E-state index contributed by atoms with van der Waals surface area (Å²) in [5, 5.41) is 1.42. The topological polar surface area (TPSA) is 27.7 Å². The van der Waals surface area contributed by atoms with E-state index in [0.717, 1.165) is 25.5 Å². The fourth-order valence-corrected chi connectivity index (χ4v) is 2.54. The molecule has 0 aliphatic rings. The maximum absolute atomic E-state index is 5.77. The molecule has 0 saturated carbocycles. The van der Waals surface area contributed by atoms with Crippen molar-refractivity contribution in [3.05, 3.63) is 22.2 Å². The number of hydrogen-bond acceptors (Lipinski definition) is 3. The van der Waals surface area contributed by atoms with Crippen LogP contribution in [0.25, 0.3) is 0 Å². The maximum Gasteiger partial charge on any atom is 0.162 e. The monoisotopic (exact) mass is 374 g/mol. The lowest BCUT2D eigenvalue weighted by atomic mass is 10.3. The summed E-state index contributed by atoms with van der Waals surface area (Å²) >= 11 is 17.2. The van der Waals surface area contributed by atoms with Gasteiger partial charge in [0.2, 0.25) is 0 Å². The Hall–Kier alpha value is 0.447. The maximum atomic E-state index is 5.77. The molecule has 0 aromatic rings. The molecule has 0 aliphatic carbocycles. The van der Waals surface area contributed by atoms with Crippen LogP contribution < -0.4 is 0 Å². The molecule has 0 saturated heterocycles. The zero-order chi connectivity index (χ0) is 15.9. The minimum atomic E-state index is -0.454. The fraction of sp³-hybridized carbons (Fsp3) is 0.714. The summed E-state index contributed by atoms with van der Waals surface area (Å²) < 4.78 is 16.9. The molecule has 0 N–H and O–H groups in total. The Morgan fingerprint density at radius 1 is 1.10 bits per heavy atom. The lowest BCUT2D eigenvalue weighted by Gasteiger charge is -2.17. The standard InChI is InChI=1S/C14H25Cl3O3Si/c1-12(16)5-9-18-14(19-10-6-13(2)17)4-3-8-20-21-11-7-15/h5-6,14H,3-4,7-11,21H2,1-2H3. The Morgan fingerprint density at radius 3 is 2.14 bits per heavy atom. The molecule has 0 rings (SSSR count). The Morgan fingerprint density at radius 2 is 1.67 bits per heavy atom. The number of rotatable bonds is 13. The fourth-order valence-electron chi connectivity index (χ4n) is 1.37. The summed E-state index contributed by atoms with van der Waals surface area (Å²) in [6.45, 7) is 5.24. The minimum absolute atomic E-state index is 0.275. The van der Waals surface area contributed by atoms with E-state index in [0.29, 0.717) is 29.2 Å². The van der Waals surface area contributed by atoms with E-state index < -0.39 is 9.76 Å². The molecule has 21 heavy (non-hydrogen) atoms. The van der Waals surface area contributed by atoms with Crippen molar-refractivity contribution in [1.82, 2.24) is 0 Å². The average Bonchev–Trinajstić information content (AvgIpc) is 2.41. The Labute approximate surface area is 145 Å². The summed E-state index contributed by atoms with van der Waals surface area (Å²) in [4.78, 5) is 0. The molecule has 0 aromatic carbocycles. The third-order valence-electron chi connectivity index (χ3n) is 2.44. The SMILES string of the molecule is CC(Cl)=CCOC(CCCO[SiH2]CCCl)OCC=C(C)Cl. The van der Waals surface area contributed by atoms with Crippen LogP contribution in [0.5, 0.6) is 0 Å². The predicted molar refractivity (Wildman–Crippen MR) is 94.2 cm³/mol. The first-order valence-corrected chi connectivity index (χ1v) is 9.94. The molecule has 0 bridgehead atoms. The van der Waals surface area contributed by atoms with Crippen LogP contribution in [0.15, 0.2) is 22.2 Å². The van der Waals surface area contributed by atoms with Gasteiger partial charge in [-0.05, 0) is 38.5 Å². The Bertz CT molecular complexity index is 282. The molecule has 0 spiro atoms. The summed E-state index contributed by atoms with van der Waals surface area (Å²) in [7, 11) is -0.454. The molecular formula is C14H25Cl3O3Si. The normalized spacial score (nSPS) is 15.1. The number of allylic oxidation sites excluding steroid dienone is 2. The van der Waals surface area contributed by atoms with Gasteiger partial charge in [0.05, 0.1) is 13.2 Å². The van der Waals surface area contributed by atoms with Gasteiger partial charge in [0.25, 0.3) is 0 Å². The van der Waals surface area contributed by atoms with Crippen LogP contribution in [0.4, 0.5) is 0 Å². The van der Waals surface area contributed by atoms with Crippen LogP contribution in [0.1, 0.15) is 26.7 Å². The van der Waals surface area contributed by atoms with E-state index in [-0.39, 0.29) is 6.29 Å². The first kappa shape index (κ1) is 21.4. The van der Waals surface area contributed by atoms with Crippen molar-refractivity contribution < 1.29 is 13.9 Å². The van der Waals surface area contributed by atoms with Crippen molar-refractivity contribution in [3.63, 3.8) is 0 Å². The van der Waals surface area contributed by atoms with Crippen molar-refractivity contribution in [2.45, 2.75) is 39.0 Å². The molecule has 0 heterocycles. The number of hydrogen-bond donors (Lipinski definition) is 0. The van der Waals surface area contributed by atoms with Gasteiger partial charge >= 0.3 is 0 Å². The predicted octanol–water partition coefficient (Wildman–Crippen LogP) is 4.17. The molecule has 0 radical (unpaired) electrons. The van der Waals surface area contributed by atoms with Crippen LogP contribution in [0.2, 0.25) is 6.04 Å². The van der Waals surface area contributed by atoms with Crippen LogP contribution in [0.3, 0.4) is 0 Å². The van der Waals surface area contributed by atoms with Gasteiger partial charge in [-0.15, -0.1) is 11.6 Å². The second-order valence-electron chi connectivity index (χ2n) is 4.48. The highest BCUT2D eigenvalue weighted by atomic mass is 35.5. The summed E-state index contributed by atoms with van der Waals surface area (Å²) in [5.41, 5.74) is 0. The van der Waals surface area contributed by atoms with E-state index in [1.807, 2.05) is 26.0 Å². The summed E-state index contributed by atoms with van der Waals surface area (Å²) in [6, 6.07) is 1.01. The highest BCUT2D eigenvalue weighted by molar-refractivity contribution is 6.31. The van der Waals surface area contributed by atoms with E-state index in [1.54, 1.807) is 0 Å². The van der Waals surface area contributed by atoms with Crippen LogP contribution in [-0.2, 0) is 13.9 Å². The molecule has 0 aliphatic heterocycles. The average molecular weight is 376 g/mol. The highest BCUT2D eigenvalue weighted by Crippen LogP contribution is 2.08. The number of ether oxygens (including phenoxy) is 2. The second kappa shape index (κ2) is 15.3. The first-order valence-electron chi connectivity index (χ1n) is 7.07. The van der Waals surface area contributed by atoms with E-state index in [4.69, 9.17) is 48.7 Å². The molecule has 7 heteroatoms. The largest absolute Gasteiger partial charge is 0.424 e. The highest BCUT2D eigenvalue weighted by Gasteiger charge is 2.08. The van der Waals surface area contributed by atoms with Crippen molar-refractivity contribution in [2.24, 2.45) is 0 Å². The minimum Gasteiger partial charge on any atom is -0.424 e. The second-order valence-corrected chi connectivity index (χ2v) is 7.57. The van der Waals surface area contributed by atoms with E-state index in [1.165, 1.54) is 0 Å².